The number of ether oxygens (including phenoxy) is 1. The van der Waals surface area contributed by atoms with Crippen molar-refractivity contribution in [1.82, 2.24) is 5.32 Å². The van der Waals surface area contributed by atoms with Crippen molar-refractivity contribution in [3.63, 3.8) is 0 Å². The highest BCUT2D eigenvalue weighted by Crippen LogP contribution is 2.31. The third-order valence-electron chi connectivity index (χ3n) is 4.29. The van der Waals surface area contributed by atoms with Crippen LogP contribution in [0.3, 0.4) is 0 Å². The van der Waals surface area contributed by atoms with Gasteiger partial charge in [-0.3, -0.25) is 4.79 Å². The van der Waals surface area contributed by atoms with Crippen LogP contribution in [0.5, 0.6) is 5.75 Å². The van der Waals surface area contributed by atoms with Gasteiger partial charge in [0.25, 0.3) is 5.91 Å². The zero-order chi connectivity index (χ0) is 16.3. The zero-order valence-electron chi connectivity index (χ0n) is 14.5. The van der Waals surface area contributed by atoms with E-state index in [-0.39, 0.29) is 24.4 Å². The van der Waals surface area contributed by atoms with Crippen molar-refractivity contribution in [3.8, 4) is 5.75 Å². The first kappa shape index (κ1) is 19.8. The van der Waals surface area contributed by atoms with E-state index in [0.29, 0.717) is 18.4 Å². The molecule has 1 saturated carbocycles. The summed E-state index contributed by atoms with van der Waals surface area (Å²) >= 11 is 0. The highest BCUT2D eigenvalue weighted by Gasteiger charge is 2.29. The summed E-state index contributed by atoms with van der Waals surface area (Å²) in [5.74, 6) is 1.69. The van der Waals surface area contributed by atoms with Crippen molar-refractivity contribution in [1.29, 1.82) is 0 Å². The molecule has 3 N–H and O–H groups in total. The lowest BCUT2D eigenvalue weighted by atomic mass is 10.0. The molecule has 1 amide bonds. The number of hydrogen-bond acceptors (Lipinski definition) is 3. The molecule has 1 aliphatic carbocycles. The first-order valence-corrected chi connectivity index (χ1v) is 8.19. The van der Waals surface area contributed by atoms with E-state index in [0.717, 1.165) is 11.3 Å². The summed E-state index contributed by atoms with van der Waals surface area (Å²) in [5, 5.41) is 2.89. The number of amides is 1. The Hall–Kier alpha value is -1.26. The van der Waals surface area contributed by atoms with Crippen LogP contribution in [-0.2, 0) is 4.79 Å². The van der Waals surface area contributed by atoms with Gasteiger partial charge in [-0.05, 0) is 55.7 Å². The van der Waals surface area contributed by atoms with Gasteiger partial charge in [0.1, 0.15) is 5.75 Å². The largest absolute Gasteiger partial charge is 0.481 e. The average Bonchev–Trinajstić information content (AvgIpc) is 3.30. The van der Waals surface area contributed by atoms with E-state index in [1.54, 1.807) is 6.92 Å². The summed E-state index contributed by atoms with van der Waals surface area (Å²) in [4.78, 5) is 12.1. The number of nitrogens with two attached hydrogens (primary N) is 1. The molecular formula is C18H29ClN2O2. The van der Waals surface area contributed by atoms with E-state index >= 15 is 0 Å². The predicted molar refractivity (Wildman–Crippen MR) is 96.3 cm³/mol. The third kappa shape index (κ3) is 5.70. The third-order valence-corrected chi connectivity index (χ3v) is 4.29. The second-order valence-electron chi connectivity index (χ2n) is 6.69. The summed E-state index contributed by atoms with van der Waals surface area (Å²) in [6.45, 7) is 8.59. The Kier molecular flexibility index (Phi) is 7.36. The highest BCUT2D eigenvalue weighted by atomic mass is 35.5. The number of hydrogen-bond donors (Lipinski definition) is 2. The molecule has 1 aliphatic rings. The van der Waals surface area contributed by atoms with Crippen LogP contribution in [0.25, 0.3) is 0 Å². The minimum atomic E-state index is -0.521. The number of carbonyl (C=O) groups is 1. The van der Waals surface area contributed by atoms with Crippen LogP contribution in [0.2, 0.25) is 0 Å². The van der Waals surface area contributed by atoms with Crippen LogP contribution in [0.4, 0.5) is 0 Å². The highest BCUT2D eigenvalue weighted by molar-refractivity contribution is 5.85. The molecule has 0 heterocycles. The second kappa shape index (κ2) is 8.55. The van der Waals surface area contributed by atoms with E-state index in [9.17, 15) is 4.79 Å². The lowest BCUT2D eigenvalue weighted by molar-refractivity contribution is -0.127. The van der Waals surface area contributed by atoms with Crippen LogP contribution >= 0.6 is 12.4 Å². The summed E-state index contributed by atoms with van der Waals surface area (Å²) in [7, 11) is 0. The van der Waals surface area contributed by atoms with Crippen LogP contribution < -0.4 is 15.8 Å². The van der Waals surface area contributed by atoms with Gasteiger partial charge in [0.2, 0.25) is 0 Å². The van der Waals surface area contributed by atoms with E-state index in [1.807, 2.05) is 19.1 Å². The number of nitrogens with one attached hydrogen (secondary N) is 1. The molecule has 130 valence electrons. The fourth-order valence-electron chi connectivity index (χ4n) is 2.40. The van der Waals surface area contributed by atoms with Gasteiger partial charge in [-0.2, -0.15) is 0 Å². The van der Waals surface area contributed by atoms with E-state index in [1.165, 1.54) is 18.4 Å². The van der Waals surface area contributed by atoms with Gasteiger partial charge in [-0.1, -0.05) is 26.0 Å². The van der Waals surface area contributed by atoms with Crippen molar-refractivity contribution in [2.45, 2.75) is 58.6 Å². The van der Waals surface area contributed by atoms with Crippen LogP contribution in [0.1, 0.15) is 50.7 Å². The number of aryl methyl sites for hydroxylation is 1. The molecule has 1 aromatic rings. The van der Waals surface area contributed by atoms with E-state index in [2.05, 4.69) is 25.2 Å². The van der Waals surface area contributed by atoms with Crippen molar-refractivity contribution >= 4 is 18.3 Å². The SMILES string of the molecule is Cc1ccc(C(C)C)cc1OC(C)C(=O)NCC(N)C1CC1.Cl. The van der Waals surface area contributed by atoms with Gasteiger partial charge in [0.05, 0.1) is 0 Å². The predicted octanol–water partition coefficient (Wildman–Crippen LogP) is 3.16. The molecule has 0 radical (unpaired) electrons. The van der Waals surface area contributed by atoms with Crippen molar-refractivity contribution < 1.29 is 9.53 Å². The Morgan fingerprint density at radius 1 is 1.35 bits per heavy atom. The molecule has 2 rings (SSSR count). The maximum atomic E-state index is 12.1. The van der Waals surface area contributed by atoms with E-state index in [4.69, 9.17) is 10.5 Å². The first-order chi connectivity index (χ1) is 10.4. The molecule has 4 nitrogen and oxygen atoms in total. The topological polar surface area (TPSA) is 64.3 Å². The molecule has 5 heteroatoms. The minimum absolute atomic E-state index is 0. The quantitative estimate of drug-likeness (QED) is 0.801. The summed E-state index contributed by atoms with van der Waals surface area (Å²) in [5.41, 5.74) is 8.25. The number of carbonyl (C=O) groups excluding carboxylic acids is 1. The average molecular weight is 341 g/mol. The van der Waals surface area contributed by atoms with Crippen LogP contribution in [0.15, 0.2) is 18.2 Å². The Bertz CT molecular complexity index is 530. The van der Waals surface area contributed by atoms with Gasteiger partial charge in [-0.25, -0.2) is 0 Å². The Morgan fingerprint density at radius 2 is 2.00 bits per heavy atom. The molecule has 0 spiro atoms. The summed E-state index contributed by atoms with van der Waals surface area (Å²) in [6.07, 6.45) is 1.85. The van der Waals surface area contributed by atoms with Gasteiger partial charge in [0.15, 0.2) is 6.10 Å². The number of rotatable bonds is 7. The standard InChI is InChI=1S/C18H28N2O2.ClH/c1-11(2)15-6-5-12(3)17(9-15)22-13(4)18(21)20-10-16(19)14-7-8-14;/h5-6,9,11,13-14,16H,7-8,10,19H2,1-4H3,(H,20,21);1H. The Balaban J connectivity index is 0.00000264. The zero-order valence-corrected chi connectivity index (χ0v) is 15.3. The van der Waals surface area contributed by atoms with Crippen molar-refractivity contribution in [2.75, 3.05) is 6.54 Å². The normalized spacial score (nSPS) is 16.4. The van der Waals surface area contributed by atoms with Gasteiger partial charge < -0.3 is 15.8 Å². The van der Waals surface area contributed by atoms with Crippen molar-refractivity contribution in [2.24, 2.45) is 11.7 Å². The van der Waals surface area contributed by atoms with Gasteiger partial charge in [0, 0.05) is 12.6 Å². The van der Waals surface area contributed by atoms with Crippen LogP contribution in [0, 0.1) is 12.8 Å². The van der Waals surface area contributed by atoms with E-state index < -0.39 is 6.10 Å². The number of halogens is 1. The molecule has 1 aromatic carbocycles. The fourth-order valence-corrected chi connectivity index (χ4v) is 2.40. The molecular weight excluding hydrogens is 312 g/mol. The maximum absolute atomic E-state index is 12.1. The van der Waals surface area contributed by atoms with Crippen molar-refractivity contribution in [3.05, 3.63) is 29.3 Å². The smallest absolute Gasteiger partial charge is 0.260 e. The second-order valence-corrected chi connectivity index (χ2v) is 6.69. The molecule has 23 heavy (non-hydrogen) atoms. The molecule has 0 aliphatic heterocycles. The first-order valence-electron chi connectivity index (χ1n) is 8.19. The van der Waals surface area contributed by atoms with Crippen LogP contribution in [-0.4, -0.2) is 24.6 Å². The van der Waals surface area contributed by atoms with Gasteiger partial charge >= 0.3 is 0 Å². The lowest BCUT2D eigenvalue weighted by Gasteiger charge is -2.19. The lowest BCUT2D eigenvalue weighted by Crippen LogP contribution is -2.43. The summed E-state index contributed by atoms with van der Waals surface area (Å²) < 4.78 is 5.85. The molecule has 2 atom stereocenters. The Labute approximate surface area is 145 Å². The molecule has 2 unspecified atom stereocenters. The number of benzene rings is 1. The minimum Gasteiger partial charge on any atom is -0.481 e. The van der Waals surface area contributed by atoms with Gasteiger partial charge in [-0.15, -0.1) is 12.4 Å². The molecule has 0 aromatic heterocycles. The molecule has 0 saturated heterocycles. The molecule has 1 fully saturated rings. The molecule has 0 bridgehead atoms. The Morgan fingerprint density at radius 3 is 2.57 bits per heavy atom. The fraction of sp³-hybridized carbons (Fsp3) is 0.611. The monoisotopic (exact) mass is 340 g/mol. The maximum Gasteiger partial charge on any atom is 0.260 e. The summed E-state index contributed by atoms with van der Waals surface area (Å²) in [6, 6.07) is 6.24.